The highest BCUT2D eigenvalue weighted by molar-refractivity contribution is 7.99. The number of anilines is 2. The van der Waals surface area contributed by atoms with Gasteiger partial charge in [-0.15, -0.1) is 16.8 Å². The third-order valence-electron chi connectivity index (χ3n) is 4.64. The normalized spacial score (nSPS) is 18.6. The Balaban J connectivity index is 1.73. The lowest BCUT2D eigenvalue weighted by molar-refractivity contribution is -0.128. The third-order valence-corrected chi connectivity index (χ3v) is 5.71. The molecule has 0 saturated heterocycles. The summed E-state index contributed by atoms with van der Waals surface area (Å²) in [6.07, 6.45) is 1.75. The molecule has 0 fully saturated rings. The molecule has 7 nitrogen and oxygen atoms in total. The van der Waals surface area contributed by atoms with Crippen molar-refractivity contribution in [1.82, 2.24) is 15.2 Å². The van der Waals surface area contributed by atoms with Crippen LogP contribution in [-0.2, 0) is 10.5 Å². The van der Waals surface area contributed by atoms with Crippen LogP contribution in [0.2, 0.25) is 5.02 Å². The largest absolute Gasteiger partial charge is 0.435 e. The standard InChI is InChI=1S/C20H14ClN5O2S/c1-2-9-29-19-23-17-16(25-26-19)12-5-3-4-6-14(12)24-20(28-17)13-10-11(21)7-8-15(13)22-18(20)27/h2-8,10,24H,1,9H2,(H,22,27)/t20-/m1/s1. The van der Waals surface area contributed by atoms with Crippen molar-refractivity contribution in [3.05, 3.63) is 65.7 Å². The Morgan fingerprint density at radius 3 is 2.93 bits per heavy atom. The van der Waals surface area contributed by atoms with Gasteiger partial charge in [0.1, 0.15) is 0 Å². The van der Waals surface area contributed by atoms with Gasteiger partial charge in [-0.05, 0) is 24.3 Å². The Hall–Kier alpha value is -3.10. The number of benzene rings is 2. The van der Waals surface area contributed by atoms with E-state index in [2.05, 4.69) is 32.4 Å². The fraction of sp³-hybridized carbons (Fsp3) is 0.100. The van der Waals surface area contributed by atoms with Gasteiger partial charge < -0.3 is 15.4 Å². The number of hydrogen-bond acceptors (Lipinski definition) is 7. The molecule has 1 aromatic heterocycles. The zero-order valence-electron chi connectivity index (χ0n) is 15.0. The van der Waals surface area contributed by atoms with Gasteiger partial charge in [0.05, 0.1) is 11.3 Å². The molecule has 3 aromatic rings. The highest BCUT2D eigenvalue weighted by Gasteiger charge is 2.52. The van der Waals surface area contributed by atoms with Gasteiger partial charge in [0.25, 0.3) is 11.6 Å². The summed E-state index contributed by atoms with van der Waals surface area (Å²) in [5.41, 5.74) is 1.54. The predicted octanol–water partition coefficient (Wildman–Crippen LogP) is 4.08. The monoisotopic (exact) mass is 423 g/mol. The van der Waals surface area contributed by atoms with Crippen LogP contribution in [0.1, 0.15) is 5.56 Å². The van der Waals surface area contributed by atoms with Gasteiger partial charge in [-0.25, -0.2) is 0 Å². The minimum atomic E-state index is -1.53. The van der Waals surface area contributed by atoms with Crippen LogP contribution in [0.15, 0.2) is 60.3 Å². The molecule has 29 heavy (non-hydrogen) atoms. The average Bonchev–Trinajstić information content (AvgIpc) is 2.89. The summed E-state index contributed by atoms with van der Waals surface area (Å²) < 4.78 is 6.27. The van der Waals surface area contributed by atoms with Crippen LogP contribution in [0.25, 0.3) is 11.3 Å². The first kappa shape index (κ1) is 18.0. The highest BCUT2D eigenvalue weighted by Crippen LogP contribution is 2.47. The molecular weight excluding hydrogens is 410 g/mol. The first-order valence-corrected chi connectivity index (χ1v) is 10.1. The van der Waals surface area contributed by atoms with Gasteiger partial charge in [0, 0.05) is 22.0 Å². The van der Waals surface area contributed by atoms with Crippen LogP contribution in [0.3, 0.4) is 0 Å². The van der Waals surface area contributed by atoms with Crippen molar-refractivity contribution >= 4 is 40.6 Å². The zero-order valence-corrected chi connectivity index (χ0v) is 16.5. The first-order chi connectivity index (χ1) is 14.1. The second kappa shape index (κ2) is 6.75. The lowest BCUT2D eigenvalue weighted by atomic mass is 10.0. The number of nitrogens with one attached hydrogen (secondary N) is 2. The second-order valence-electron chi connectivity index (χ2n) is 6.45. The van der Waals surface area contributed by atoms with Crippen molar-refractivity contribution in [1.29, 1.82) is 0 Å². The van der Waals surface area contributed by atoms with E-state index in [9.17, 15) is 4.79 Å². The summed E-state index contributed by atoms with van der Waals surface area (Å²) in [7, 11) is 0. The summed E-state index contributed by atoms with van der Waals surface area (Å²) in [6.45, 7) is 3.71. The van der Waals surface area contributed by atoms with Crippen molar-refractivity contribution in [3.8, 4) is 17.1 Å². The van der Waals surface area contributed by atoms with E-state index in [1.807, 2.05) is 24.3 Å². The topological polar surface area (TPSA) is 89.0 Å². The van der Waals surface area contributed by atoms with Gasteiger partial charge in [-0.1, -0.05) is 47.6 Å². The molecule has 0 bridgehead atoms. The lowest BCUT2D eigenvalue weighted by Crippen LogP contribution is -2.47. The molecule has 2 aliphatic heterocycles. The maximum Gasteiger partial charge on any atom is 0.295 e. The number of halogens is 1. The minimum absolute atomic E-state index is 0.215. The summed E-state index contributed by atoms with van der Waals surface area (Å²) in [5.74, 6) is 0.475. The van der Waals surface area contributed by atoms with E-state index in [-0.39, 0.29) is 11.8 Å². The Bertz CT molecular complexity index is 1170. The van der Waals surface area contributed by atoms with E-state index in [4.69, 9.17) is 16.3 Å². The molecule has 2 aromatic carbocycles. The fourth-order valence-electron chi connectivity index (χ4n) is 3.37. The van der Waals surface area contributed by atoms with E-state index in [1.54, 1.807) is 24.3 Å². The Kier molecular flexibility index (Phi) is 4.18. The van der Waals surface area contributed by atoms with Gasteiger partial charge >= 0.3 is 0 Å². The molecule has 0 radical (unpaired) electrons. The van der Waals surface area contributed by atoms with Crippen molar-refractivity contribution in [2.45, 2.75) is 10.9 Å². The van der Waals surface area contributed by atoms with E-state index in [0.29, 0.717) is 38.6 Å². The Morgan fingerprint density at radius 2 is 2.07 bits per heavy atom. The number of carbonyl (C=O) groups is 1. The van der Waals surface area contributed by atoms with E-state index in [0.717, 1.165) is 5.56 Å². The van der Waals surface area contributed by atoms with Crippen molar-refractivity contribution < 1.29 is 9.53 Å². The first-order valence-electron chi connectivity index (χ1n) is 8.77. The number of hydrogen-bond donors (Lipinski definition) is 2. The molecule has 1 spiro atoms. The molecule has 0 unspecified atom stereocenters. The van der Waals surface area contributed by atoms with Crippen LogP contribution in [0, 0.1) is 0 Å². The molecule has 2 aliphatic rings. The molecule has 144 valence electrons. The summed E-state index contributed by atoms with van der Waals surface area (Å²) in [6, 6.07) is 12.6. The quantitative estimate of drug-likeness (QED) is 0.484. The number of para-hydroxylation sites is 1. The SMILES string of the molecule is C=CCSc1nnc2c(n1)O[C@@]1(Nc3ccccc3-2)C(=O)Nc2ccc(Cl)cc21. The zero-order chi connectivity index (χ0) is 20.0. The van der Waals surface area contributed by atoms with Gasteiger partial charge in [-0.3, -0.25) is 4.79 Å². The predicted molar refractivity (Wildman–Crippen MR) is 112 cm³/mol. The summed E-state index contributed by atoms with van der Waals surface area (Å²) >= 11 is 7.60. The molecule has 1 atom stereocenters. The Labute approximate surface area is 175 Å². The van der Waals surface area contributed by atoms with Crippen molar-refractivity contribution in [3.63, 3.8) is 0 Å². The van der Waals surface area contributed by atoms with Gasteiger partial charge in [0.15, 0.2) is 5.69 Å². The minimum Gasteiger partial charge on any atom is -0.435 e. The summed E-state index contributed by atoms with van der Waals surface area (Å²) in [4.78, 5) is 17.6. The van der Waals surface area contributed by atoms with Crippen LogP contribution in [-0.4, -0.2) is 26.8 Å². The average molecular weight is 424 g/mol. The van der Waals surface area contributed by atoms with Crippen LogP contribution in [0.5, 0.6) is 5.88 Å². The summed E-state index contributed by atoms with van der Waals surface area (Å²) in [5, 5.41) is 15.6. The number of aromatic nitrogens is 3. The number of rotatable bonds is 3. The molecule has 0 aliphatic carbocycles. The Morgan fingerprint density at radius 1 is 1.21 bits per heavy atom. The molecule has 0 saturated carbocycles. The number of fused-ring (bicyclic) bond motifs is 5. The van der Waals surface area contributed by atoms with Crippen LogP contribution in [0.4, 0.5) is 11.4 Å². The van der Waals surface area contributed by atoms with E-state index < -0.39 is 5.72 Å². The van der Waals surface area contributed by atoms with Crippen LogP contribution < -0.4 is 15.4 Å². The number of amides is 1. The fourth-order valence-corrected chi connectivity index (χ4v) is 4.05. The van der Waals surface area contributed by atoms with Gasteiger partial charge in [-0.2, -0.15) is 4.98 Å². The molecular formula is C20H14ClN5O2S. The maximum atomic E-state index is 13.1. The second-order valence-corrected chi connectivity index (χ2v) is 7.87. The van der Waals surface area contributed by atoms with E-state index >= 15 is 0 Å². The lowest BCUT2D eigenvalue weighted by Gasteiger charge is -2.28. The number of thioether (sulfide) groups is 1. The number of nitrogens with zero attached hydrogens (tertiary/aromatic N) is 3. The van der Waals surface area contributed by atoms with Crippen LogP contribution >= 0.6 is 23.4 Å². The molecule has 1 amide bonds. The van der Waals surface area contributed by atoms with Crippen molar-refractivity contribution in [2.75, 3.05) is 16.4 Å². The smallest absolute Gasteiger partial charge is 0.295 e. The number of ether oxygens (including phenoxy) is 1. The van der Waals surface area contributed by atoms with E-state index in [1.165, 1.54) is 11.8 Å². The third kappa shape index (κ3) is 2.83. The maximum absolute atomic E-state index is 13.1. The van der Waals surface area contributed by atoms with Gasteiger partial charge in [0.2, 0.25) is 11.0 Å². The van der Waals surface area contributed by atoms with Crippen molar-refractivity contribution in [2.24, 2.45) is 0 Å². The highest BCUT2D eigenvalue weighted by atomic mass is 35.5. The molecule has 3 heterocycles. The molecule has 5 rings (SSSR count). The number of carbonyl (C=O) groups excluding carboxylic acids is 1. The molecule has 9 heteroatoms. The molecule has 2 N–H and O–H groups in total.